The van der Waals surface area contributed by atoms with Crippen LogP contribution in [0, 0.1) is 6.92 Å². The maximum atomic E-state index is 4.47. The topological polar surface area (TPSA) is 42.2 Å². The Morgan fingerprint density at radius 2 is 1.74 bits per heavy atom. The third-order valence-electron chi connectivity index (χ3n) is 3.83. The quantitative estimate of drug-likeness (QED) is 0.608. The highest BCUT2D eigenvalue weighted by molar-refractivity contribution is 5.79. The van der Waals surface area contributed by atoms with Crippen LogP contribution in [0.15, 0.2) is 73.1 Å². The average molecular weight is 300 g/mol. The van der Waals surface area contributed by atoms with Crippen LogP contribution in [0.2, 0.25) is 0 Å². The number of para-hydroxylation sites is 1. The Bertz CT molecular complexity index is 957. The second kappa shape index (κ2) is 5.57. The number of fused-ring (bicyclic) bond motifs is 1. The van der Waals surface area contributed by atoms with Crippen LogP contribution in [0.3, 0.4) is 0 Å². The van der Waals surface area contributed by atoms with Crippen molar-refractivity contribution in [3.63, 3.8) is 0 Å². The van der Waals surface area contributed by atoms with E-state index < -0.39 is 0 Å². The van der Waals surface area contributed by atoms with E-state index >= 15 is 0 Å². The first-order chi connectivity index (χ1) is 11.3. The van der Waals surface area contributed by atoms with Gasteiger partial charge in [-0.2, -0.15) is 5.10 Å². The summed E-state index contributed by atoms with van der Waals surface area (Å²) in [5, 5.41) is 7.86. The van der Waals surface area contributed by atoms with Gasteiger partial charge in [0.15, 0.2) is 5.65 Å². The Kier molecular flexibility index (Phi) is 3.27. The molecule has 2 heterocycles. The molecule has 0 saturated heterocycles. The van der Waals surface area contributed by atoms with Gasteiger partial charge in [-0.3, -0.25) is 0 Å². The molecule has 0 aliphatic heterocycles. The predicted octanol–water partition coefficient (Wildman–Crippen LogP) is 4.45. The molecule has 0 aliphatic rings. The fraction of sp³-hybridized carbons (Fsp3) is 0.0526. The molecule has 4 heteroatoms. The van der Waals surface area contributed by atoms with E-state index in [-0.39, 0.29) is 0 Å². The van der Waals surface area contributed by atoms with E-state index in [9.17, 15) is 0 Å². The van der Waals surface area contributed by atoms with Crippen LogP contribution in [0.25, 0.3) is 16.8 Å². The Labute approximate surface area is 134 Å². The molecule has 0 bridgehead atoms. The lowest BCUT2D eigenvalue weighted by atomic mass is 10.1. The van der Waals surface area contributed by atoms with Crippen LogP contribution < -0.4 is 5.32 Å². The minimum absolute atomic E-state index is 0.877. The van der Waals surface area contributed by atoms with E-state index in [2.05, 4.69) is 33.6 Å². The smallest absolute Gasteiger partial charge is 0.163 e. The summed E-state index contributed by atoms with van der Waals surface area (Å²) < 4.78 is 1.87. The molecule has 4 nitrogen and oxygen atoms in total. The van der Waals surface area contributed by atoms with Crippen LogP contribution in [-0.2, 0) is 0 Å². The molecule has 2 aromatic carbocycles. The lowest BCUT2D eigenvalue weighted by Gasteiger charge is -2.08. The number of hydrogen-bond acceptors (Lipinski definition) is 3. The highest BCUT2D eigenvalue weighted by atomic mass is 15.2. The highest BCUT2D eigenvalue weighted by Crippen LogP contribution is 2.27. The van der Waals surface area contributed by atoms with E-state index in [4.69, 9.17) is 0 Å². The average Bonchev–Trinajstić information content (AvgIpc) is 3.02. The van der Waals surface area contributed by atoms with E-state index in [1.54, 1.807) is 0 Å². The number of nitrogens with one attached hydrogen (secondary N) is 1. The molecule has 0 aliphatic carbocycles. The molecule has 4 rings (SSSR count). The van der Waals surface area contributed by atoms with Crippen molar-refractivity contribution in [2.75, 3.05) is 5.32 Å². The molecule has 0 fully saturated rings. The second-order valence-electron chi connectivity index (χ2n) is 5.45. The van der Waals surface area contributed by atoms with E-state index in [0.717, 1.165) is 33.8 Å². The zero-order valence-corrected chi connectivity index (χ0v) is 12.8. The Morgan fingerprint density at radius 3 is 2.61 bits per heavy atom. The standard InChI is InChI=1S/C19H16N4/c1-14-10-11-20-19-18(13-21-23(14)19)15-6-5-9-17(12-15)22-16-7-3-2-4-8-16/h2-13,22H,1H3. The monoisotopic (exact) mass is 300 g/mol. The van der Waals surface area contributed by atoms with Crippen LogP contribution >= 0.6 is 0 Å². The van der Waals surface area contributed by atoms with Crippen molar-refractivity contribution >= 4 is 17.0 Å². The first-order valence-electron chi connectivity index (χ1n) is 7.53. The predicted molar refractivity (Wildman–Crippen MR) is 92.9 cm³/mol. The molecule has 0 spiro atoms. The van der Waals surface area contributed by atoms with Gasteiger partial charge in [-0.05, 0) is 42.8 Å². The fourth-order valence-electron chi connectivity index (χ4n) is 2.67. The van der Waals surface area contributed by atoms with Crippen molar-refractivity contribution < 1.29 is 0 Å². The van der Waals surface area contributed by atoms with Crippen LogP contribution in [0.4, 0.5) is 11.4 Å². The second-order valence-corrected chi connectivity index (χ2v) is 5.45. The summed E-state index contributed by atoms with van der Waals surface area (Å²) in [7, 11) is 0. The number of anilines is 2. The number of benzene rings is 2. The lowest BCUT2D eigenvalue weighted by Crippen LogP contribution is -1.94. The van der Waals surface area contributed by atoms with Crippen molar-refractivity contribution in [2.45, 2.75) is 6.92 Å². The molecule has 112 valence electrons. The molecule has 0 atom stereocenters. The Morgan fingerprint density at radius 1 is 0.913 bits per heavy atom. The molecule has 4 aromatic rings. The Hall–Kier alpha value is -3.14. The van der Waals surface area contributed by atoms with Crippen molar-refractivity contribution in [3.05, 3.63) is 78.8 Å². The summed E-state index contributed by atoms with van der Waals surface area (Å²) in [4.78, 5) is 4.47. The van der Waals surface area contributed by atoms with Gasteiger partial charge in [0.05, 0.1) is 6.20 Å². The van der Waals surface area contributed by atoms with E-state index in [1.807, 2.05) is 66.3 Å². The number of nitrogens with zero attached hydrogens (tertiary/aromatic N) is 3. The summed E-state index contributed by atoms with van der Waals surface area (Å²) in [6, 6.07) is 20.4. The Balaban J connectivity index is 1.74. The lowest BCUT2D eigenvalue weighted by molar-refractivity contribution is 0.895. The zero-order valence-electron chi connectivity index (χ0n) is 12.8. The number of aromatic nitrogens is 3. The van der Waals surface area contributed by atoms with Crippen LogP contribution in [-0.4, -0.2) is 14.6 Å². The fourth-order valence-corrected chi connectivity index (χ4v) is 2.67. The van der Waals surface area contributed by atoms with Crippen LogP contribution in [0.1, 0.15) is 5.69 Å². The molecule has 0 amide bonds. The first kappa shape index (κ1) is 13.5. The number of aryl methyl sites for hydroxylation is 1. The van der Waals surface area contributed by atoms with Crippen molar-refractivity contribution in [2.24, 2.45) is 0 Å². The largest absolute Gasteiger partial charge is 0.356 e. The van der Waals surface area contributed by atoms with Gasteiger partial charge in [0, 0.05) is 28.8 Å². The molecule has 0 saturated carbocycles. The first-order valence-corrected chi connectivity index (χ1v) is 7.53. The molecule has 1 N–H and O–H groups in total. The third kappa shape index (κ3) is 2.55. The molecular weight excluding hydrogens is 284 g/mol. The summed E-state index contributed by atoms with van der Waals surface area (Å²) in [5.41, 5.74) is 6.19. The molecule has 0 radical (unpaired) electrons. The SMILES string of the molecule is Cc1ccnc2c(-c3cccc(Nc4ccccc4)c3)cnn12. The van der Waals surface area contributed by atoms with Gasteiger partial charge in [-0.1, -0.05) is 30.3 Å². The van der Waals surface area contributed by atoms with Crippen LogP contribution in [0.5, 0.6) is 0 Å². The molecule has 23 heavy (non-hydrogen) atoms. The summed E-state index contributed by atoms with van der Waals surface area (Å²) in [6.45, 7) is 2.03. The van der Waals surface area contributed by atoms with Gasteiger partial charge in [-0.15, -0.1) is 0 Å². The molecule has 0 unspecified atom stereocenters. The van der Waals surface area contributed by atoms with Gasteiger partial charge in [0.2, 0.25) is 0 Å². The van der Waals surface area contributed by atoms with Crippen molar-refractivity contribution in [1.29, 1.82) is 0 Å². The molecule has 2 aromatic heterocycles. The third-order valence-corrected chi connectivity index (χ3v) is 3.83. The summed E-state index contributed by atoms with van der Waals surface area (Å²) >= 11 is 0. The maximum absolute atomic E-state index is 4.47. The van der Waals surface area contributed by atoms with E-state index in [0.29, 0.717) is 0 Å². The summed E-state index contributed by atoms with van der Waals surface area (Å²) in [5.74, 6) is 0. The van der Waals surface area contributed by atoms with Crippen molar-refractivity contribution in [3.8, 4) is 11.1 Å². The van der Waals surface area contributed by atoms with Gasteiger partial charge < -0.3 is 5.32 Å². The maximum Gasteiger partial charge on any atom is 0.163 e. The molecular formula is C19H16N4. The van der Waals surface area contributed by atoms with Crippen molar-refractivity contribution in [1.82, 2.24) is 14.6 Å². The minimum Gasteiger partial charge on any atom is -0.356 e. The zero-order chi connectivity index (χ0) is 15.6. The van der Waals surface area contributed by atoms with Gasteiger partial charge in [0.25, 0.3) is 0 Å². The highest BCUT2D eigenvalue weighted by Gasteiger charge is 2.09. The minimum atomic E-state index is 0.877. The summed E-state index contributed by atoms with van der Waals surface area (Å²) in [6.07, 6.45) is 3.69. The van der Waals surface area contributed by atoms with Gasteiger partial charge >= 0.3 is 0 Å². The normalized spacial score (nSPS) is 10.8. The van der Waals surface area contributed by atoms with Gasteiger partial charge in [-0.25, -0.2) is 9.50 Å². The van der Waals surface area contributed by atoms with Gasteiger partial charge in [0.1, 0.15) is 0 Å². The van der Waals surface area contributed by atoms with E-state index in [1.165, 1.54) is 0 Å². The number of hydrogen-bond donors (Lipinski definition) is 1. The number of rotatable bonds is 3.